The van der Waals surface area contributed by atoms with Crippen molar-refractivity contribution in [3.63, 3.8) is 0 Å². The van der Waals surface area contributed by atoms with Gasteiger partial charge in [-0.05, 0) is 23.8 Å². The first kappa shape index (κ1) is 12.5. The Balaban J connectivity index is 2.01. The smallest absolute Gasteiger partial charge is 0.132 e. The summed E-state index contributed by atoms with van der Waals surface area (Å²) in [7, 11) is 0. The van der Waals surface area contributed by atoms with E-state index in [0.717, 1.165) is 26.9 Å². The van der Waals surface area contributed by atoms with Crippen molar-refractivity contribution in [1.82, 2.24) is 9.97 Å². The highest BCUT2D eigenvalue weighted by molar-refractivity contribution is 9.10. The average Bonchev–Trinajstić information content (AvgIpc) is 2.81. The van der Waals surface area contributed by atoms with Crippen LogP contribution in [0.1, 0.15) is 11.4 Å². The maximum atomic E-state index is 6.29. The van der Waals surface area contributed by atoms with Crippen LogP contribution in [0.15, 0.2) is 53.0 Å². The minimum absolute atomic E-state index is 0.665. The fraction of sp³-hybridized carbons (Fsp3) is 0. The molecule has 0 aliphatic carbocycles. The van der Waals surface area contributed by atoms with Crippen molar-refractivity contribution in [2.24, 2.45) is 0 Å². The number of aromatic amines is 1. The summed E-state index contributed by atoms with van der Waals surface area (Å²) < 4.78 is 1.02. The highest BCUT2D eigenvalue weighted by Gasteiger charge is 2.03. The number of imidazole rings is 1. The molecule has 0 atom stereocenters. The summed E-state index contributed by atoms with van der Waals surface area (Å²) in [5.74, 6) is 0.752. The summed E-state index contributed by atoms with van der Waals surface area (Å²) in [6.45, 7) is 0. The predicted molar refractivity (Wildman–Crippen MR) is 84.0 cm³/mol. The molecule has 2 aromatic carbocycles. The van der Waals surface area contributed by atoms with Gasteiger partial charge >= 0.3 is 0 Å². The number of rotatable bonds is 2. The van der Waals surface area contributed by atoms with Gasteiger partial charge in [-0.25, -0.2) is 4.98 Å². The van der Waals surface area contributed by atoms with E-state index in [0.29, 0.717) is 5.03 Å². The second-order valence-electron chi connectivity index (χ2n) is 4.14. The Morgan fingerprint density at radius 2 is 1.95 bits per heavy atom. The van der Waals surface area contributed by atoms with Crippen molar-refractivity contribution in [2.75, 3.05) is 0 Å². The highest BCUT2D eigenvalue weighted by Crippen LogP contribution is 2.23. The molecule has 0 aliphatic rings. The third-order valence-electron chi connectivity index (χ3n) is 2.78. The van der Waals surface area contributed by atoms with Crippen LogP contribution < -0.4 is 0 Å². The summed E-state index contributed by atoms with van der Waals surface area (Å²) in [6, 6.07) is 15.8. The van der Waals surface area contributed by atoms with Crippen molar-refractivity contribution >= 4 is 49.7 Å². The number of H-pyrrole nitrogens is 1. The standard InChI is InChI=1S/C15H10BrClN2/c16-11-6-7-13-14(8-11)19-15(18-13)9-12(17)10-4-2-1-3-5-10/h1-9H,(H,18,19). The second kappa shape index (κ2) is 5.19. The number of nitrogens with zero attached hydrogens (tertiary/aromatic N) is 1. The number of fused-ring (bicyclic) bond motifs is 1. The average molecular weight is 334 g/mol. The van der Waals surface area contributed by atoms with Crippen molar-refractivity contribution in [3.05, 3.63) is 64.4 Å². The lowest BCUT2D eigenvalue weighted by molar-refractivity contribution is 1.29. The molecular formula is C15H10BrClN2. The molecule has 0 spiro atoms. The Labute approximate surface area is 124 Å². The number of hydrogen-bond donors (Lipinski definition) is 1. The minimum Gasteiger partial charge on any atom is -0.338 e. The fourth-order valence-electron chi connectivity index (χ4n) is 1.87. The summed E-state index contributed by atoms with van der Waals surface area (Å²) in [5.41, 5.74) is 2.89. The van der Waals surface area contributed by atoms with Gasteiger partial charge in [-0.2, -0.15) is 0 Å². The van der Waals surface area contributed by atoms with E-state index in [4.69, 9.17) is 11.6 Å². The zero-order valence-corrected chi connectivity index (χ0v) is 12.2. The van der Waals surface area contributed by atoms with Crippen LogP contribution in [0.3, 0.4) is 0 Å². The van der Waals surface area contributed by atoms with Gasteiger partial charge in [0.1, 0.15) is 5.82 Å². The van der Waals surface area contributed by atoms with Crippen LogP contribution in [0.4, 0.5) is 0 Å². The van der Waals surface area contributed by atoms with Gasteiger partial charge < -0.3 is 4.98 Å². The SMILES string of the molecule is ClC(=Cc1nc2ccc(Br)cc2[nH]1)c1ccccc1. The largest absolute Gasteiger partial charge is 0.338 e. The summed E-state index contributed by atoms with van der Waals surface area (Å²) in [5, 5.41) is 0.665. The van der Waals surface area contributed by atoms with Gasteiger partial charge in [0.15, 0.2) is 0 Å². The molecule has 4 heteroatoms. The number of halogens is 2. The van der Waals surface area contributed by atoms with Gasteiger partial charge in [0, 0.05) is 10.5 Å². The zero-order chi connectivity index (χ0) is 13.2. The third-order valence-corrected chi connectivity index (χ3v) is 3.60. The first-order chi connectivity index (χ1) is 9.22. The monoisotopic (exact) mass is 332 g/mol. The van der Waals surface area contributed by atoms with Crippen molar-refractivity contribution in [2.45, 2.75) is 0 Å². The molecule has 0 radical (unpaired) electrons. The molecule has 0 saturated heterocycles. The van der Waals surface area contributed by atoms with E-state index in [1.165, 1.54) is 0 Å². The Morgan fingerprint density at radius 3 is 2.74 bits per heavy atom. The van der Waals surface area contributed by atoms with Crippen LogP contribution in [0, 0.1) is 0 Å². The van der Waals surface area contributed by atoms with E-state index in [1.54, 1.807) is 0 Å². The second-order valence-corrected chi connectivity index (χ2v) is 5.46. The Hall–Kier alpha value is -1.58. The topological polar surface area (TPSA) is 28.7 Å². The molecular weight excluding hydrogens is 324 g/mol. The maximum absolute atomic E-state index is 6.29. The first-order valence-corrected chi connectivity index (χ1v) is 6.97. The molecule has 1 N–H and O–H groups in total. The van der Waals surface area contributed by atoms with Crippen LogP contribution in [-0.4, -0.2) is 9.97 Å². The van der Waals surface area contributed by atoms with E-state index >= 15 is 0 Å². The number of hydrogen-bond acceptors (Lipinski definition) is 1. The van der Waals surface area contributed by atoms with Gasteiger partial charge in [-0.3, -0.25) is 0 Å². The van der Waals surface area contributed by atoms with Gasteiger partial charge in [-0.1, -0.05) is 57.9 Å². The first-order valence-electron chi connectivity index (χ1n) is 5.80. The van der Waals surface area contributed by atoms with Crippen molar-refractivity contribution in [3.8, 4) is 0 Å². The van der Waals surface area contributed by atoms with Gasteiger partial charge in [-0.15, -0.1) is 0 Å². The van der Waals surface area contributed by atoms with E-state index in [-0.39, 0.29) is 0 Å². The minimum atomic E-state index is 0.665. The van der Waals surface area contributed by atoms with Crippen LogP contribution in [0.2, 0.25) is 0 Å². The molecule has 0 amide bonds. The van der Waals surface area contributed by atoms with E-state index in [9.17, 15) is 0 Å². The molecule has 0 fully saturated rings. The molecule has 1 heterocycles. The van der Waals surface area contributed by atoms with Crippen LogP contribution in [-0.2, 0) is 0 Å². The summed E-state index contributed by atoms with van der Waals surface area (Å²) >= 11 is 9.73. The lowest BCUT2D eigenvalue weighted by atomic mass is 10.2. The molecule has 1 aromatic heterocycles. The summed E-state index contributed by atoms with van der Waals surface area (Å²) in [6.07, 6.45) is 1.84. The van der Waals surface area contributed by atoms with Crippen molar-refractivity contribution in [1.29, 1.82) is 0 Å². The molecule has 0 bridgehead atoms. The molecule has 0 saturated carbocycles. The third kappa shape index (κ3) is 2.72. The van der Waals surface area contributed by atoms with E-state index in [2.05, 4.69) is 25.9 Å². The predicted octanol–water partition coefficient (Wildman–Crippen LogP) is 5.06. The quantitative estimate of drug-likeness (QED) is 0.697. The van der Waals surface area contributed by atoms with Crippen molar-refractivity contribution < 1.29 is 0 Å². The number of aromatic nitrogens is 2. The van der Waals surface area contributed by atoms with Crippen LogP contribution >= 0.6 is 27.5 Å². The normalized spacial score (nSPS) is 12.0. The van der Waals surface area contributed by atoms with Gasteiger partial charge in [0.05, 0.1) is 16.1 Å². The zero-order valence-electron chi connectivity index (χ0n) is 9.90. The molecule has 94 valence electrons. The van der Waals surface area contributed by atoms with E-state index < -0.39 is 0 Å². The molecule has 19 heavy (non-hydrogen) atoms. The number of nitrogens with one attached hydrogen (secondary N) is 1. The lowest BCUT2D eigenvalue weighted by Gasteiger charge is -1.96. The Morgan fingerprint density at radius 1 is 1.16 bits per heavy atom. The fourth-order valence-corrected chi connectivity index (χ4v) is 2.46. The lowest BCUT2D eigenvalue weighted by Crippen LogP contribution is -1.78. The molecule has 2 nitrogen and oxygen atoms in total. The molecule has 3 aromatic rings. The maximum Gasteiger partial charge on any atom is 0.132 e. The van der Waals surface area contributed by atoms with Gasteiger partial charge in [0.2, 0.25) is 0 Å². The highest BCUT2D eigenvalue weighted by atomic mass is 79.9. The Bertz CT molecular complexity index is 747. The molecule has 0 aliphatic heterocycles. The molecule has 0 unspecified atom stereocenters. The Kier molecular flexibility index (Phi) is 3.40. The molecule has 3 rings (SSSR count). The van der Waals surface area contributed by atoms with E-state index in [1.807, 2.05) is 54.6 Å². The summed E-state index contributed by atoms with van der Waals surface area (Å²) in [4.78, 5) is 7.72. The van der Waals surface area contributed by atoms with Crippen LogP contribution in [0.25, 0.3) is 22.1 Å². The van der Waals surface area contributed by atoms with Gasteiger partial charge in [0.25, 0.3) is 0 Å². The number of benzene rings is 2. The van der Waals surface area contributed by atoms with Crippen LogP contribution in [0.5, 0.6) is 0 Å².